The minimum Gasteiger partial charge on any atom is -0.350 e. The largest absolute Gasteiger partial charge is 0.350 e. The number of hydrogen-bond acceptors (Lipinski definition) is 4. The van der Waals surface area contributed by atoms with Gasteiger partial charge >= 0.3 is 0 Å². The Morgan fingerprint density at radius 3 is 2.38 bits per heavy atom. The number of amides is 2. The van der Waals surface area contributed by atoms with E-state index in [0.29, 0.717) is 18.8 Å². The molecule has 1 aliphatic rings. The third-order valence-electron chi connectivity index (χ3n) is 3.42. The normalized spacial score (nSPS) is 15.9. The first-order valence-electron chi connectivity index (χ1n) is 7.37. The van der Waals surface area contributed by atoms with Crippen LogP contribution in [0, 0.1) is 6.92 Å². The maximum Gasteiger partial charge on any atom is 0.293 e. The first-order valence-corrected chi connectivity index (χ1v) is 7.37. The Labute approximate surface area is 124 Å². The molecular formula is C15H23N3O3. The lowest BCUT2D eigenvalue weighted by Gasteiger charge is -2.26. The van der Waals surface area contributed by atoms with Crippen LogP contribution in [-0.4, -0.2) is 40.5 Å². The molecular weight excluding hydrogens is 270 g/mol. The number of nitrogens with zero attached hydrogens (tertiary/aromatic N) is 2. The molecule has 2 heterocycles. The molecule has 0 aliphatic carbocycles. The van der Waals surface area contributed by atoms with E-state index in [4.69, 9.17) is 4.52 Å². The average molecular weight is 293 g/mol. The fourth-order valence-electron chi connectivity index (χ4n) is 2.43. The van der Waals surface area contributed by atoms with Crippen LogP contribution in [0.5, 0.6) is 0 Å². The molecule has 2 rings (SSSR count). The monoisotopic (exact) mass is 293 g/mol. The van der Waals surface area contributed by atoms with Crippen molar-refractivity contribution in [3.05, 3.63) is 17.0 Å². The van der Waals surface area contributed by atoms with Crippen LogP contribution in [0.4, 0.5) is 0 Å². The van der Waals surface area contributed by atoms with Crippen molar-refractivity contribution in [1.82, 2.24) is 15.4 Å². The third-order valence-corrected chi connectivity index (χ3v) is 3.42. The van der Waals surface area contributed by atoms with Crippen LogP contribution in [0.2, 0.25) is 0 Å². The average Bonchev–Trinajstić information content (AvgIpc) is 2.79. The molecule has 1 fully saturated rings. The Bertz CT molecular complexity index is 537. The summed E-state index contributed by atoms with van der Waals surface area (Å²) in [5, 5.41) is 6.65. The predicted molar refractivity (Wildman–Crippen MR) is 78.2 cm³/mol. The van der Waals surface area contributed by atoms with E-state index in [0.717, 1.165) is 19.3 Å². The van der Waals surface area contributed by atoms with Gasteiger partial charge in [0.05, 0.1) is 5.69 Å². The van der Waals surface area contributed by atoms with E-state index >= 15 is 0 Å². The topological polar surface area (TPSA) is 75.4 Å². The van der Waals surface area contributed by atoms with Crippen LogP contribution >= 0.6 is 0 Å². The summed E-state index contributed by atoms with van der Waals surface area (Å²) >= 11 is 0. The van der Waals surface area contributed by atoms with Gasteiger partial charge in [-0.1, -0.05) is 5.16 Å². The molecule has 0 unspecified atom stereocenters. The number of hydrogen-bond donors (Lipinski definition) is 1. The SMILES string of the molecule is Cc1noc(C(=O)N2CCCCC2)c1C(=O)NC(C)(C)C. The van der Waals surface area contributed by atoms with Gasteiger partial charge in [0.25, 0.3) is 11.8 Å². The molecule has 1 N–H and O–H groups in total. The van der Waals surface area contributed by atoms with Gasteiger partial charge in [0.2, 0.25) is 5.76 Å². The minimum atomic E-state index is -0.383. The van der Waals surface area contributed by atoms with Crippen molar-refractivity contribution in [2.45, 2.75) is 52.5 Å². The zero-order valence-corrected chi connectivity index (χ0v) is 13.2. The third kappa shape index (κ3) is 3.62. The summed E-state index contributed by atoms with van der Waals surface area (Å²) in [6, 6.07) is 0. The van der Waals surface area contributed by atoms with Crippen LogP contribution < -0.4 is 5.32 Å². The van der Waals surface area contributed by atoms with Gasteiger partial charge in [-0.15, -0.1) is 0 Å². The molecule has 116 valence electrons. The van der Waals surface area contributed by atoms with Crippen LogP contribution in [0.3, 0.4) is 0 Å². The second-order valence-corrected chi connectivity index (χ2v) is 6.53. The number of nitrogens with one attached hydrogen (secondary N) is 1. The lowest BCUT2D eigenvalue weighted by molar-refractivity contribution is 0.0675. The molecule has 0 spiro atoms. The fourth-order valence-corrected chi connectivity index (χ4v) is 2.43. The second-order valence-electron chi connectivity index (χ2n) is 6.53. The summed E-state index contributed by atoms with van der Waals surface area (Å²) in [7, 11) is 0. The van der Waals surface area contributed by atoms with Crippen LogP contribution in [-0.2, 0) is 0 Å². The van der Waals surface area contributed by atoms with Gasteiger partial charge in [0, 0.05) is 18.6 Å². The number of likely N-dealkylation sites (tertiary alicyclic amines) is 1. The van der Waals surface area contributed by atoms with E-state index in [9.17, 15) is 9.59 Å². The highest BCUT2D eigenvalue weighted by atomic mass is 16.5. The number of piperidine rings is 1. The van der Waals surface area contributed by atoms with Gasteiger partial charge in [-0.2, -0.15) is 0 Å². The summed E-state index contributed by atoms with van der Waals surface area (Å²) in [5.74, 6) is -0.507. The summed E-state index contributed by atoms with van der Waals surface area (Å²) in [5.41, 5.74) is 0.310. The van der Waals surface area contributed by atoms with Crippen molar-refractivity contribution >= 4 is 11.8 Å². The lowest BCUT2D eigenvalue weighted by atomic mass is 10.1. The molecule has 1 aromatic rings. The Morgan fingerprint density at radius 2 is 1.81 bits per heavy atom. The molecule has 0 saturated carbocycles. The molecule has 0 bridgehead atoms. The number of aromatic nitrogens is 1. The van der Waals surface area contributed by atoms with E-state index in [1.807, 2.05) is 20.8 Å². The molecule has 2 amide bonds. The first kappa shape index (κ1) is 15.5. The summed E-state index contributed by atoms with van der Waals surface area (Å²) in [6.07, 6.45) is 3.11. The summed E-state index contributed by atoms with van der Waals surface area (Å²) < 4.78 is 5.14. The van der Waals surface area contributed by atoms with E-state index in [2.05, 4.69) is 10.5 Å². The van der Waals surface area contributed by atoms with Crippen molar-refractivity contribution in [1.29, 1.82) is 0 Å². The Kier molecular flexibility index (Phi) is 4.34. The molecule has 21 heavy (non-hydrogen) atoms. The van der Waals surface area contributed by atoms with Crippen molar-refractivity contribution in [3.63, 3.8) is 0 Å². The van der Waals surface area contributed by atoms with E-state index in [1.165, 1.54) is 0 Å². The number of carbonyl (C=O) groups is 2. The number of rotatable bonds is 2. The first-order chi connectivity index (χ1) is 9.79. The standard InChI is InChI=1S/C15H23N3O3/c1-10-11(13(19)16-15(2,3)4)12(21-17-10)14(20)18-8-6-5-7-9-18/h5-9H2,1-4H3,(H,16,19). The van der Waals surface area contributed by atoms with Gasteiger partial charge in [0.15, 0.2) is 0 Å². The number of aryl methyl sites for hydroxylation is 1. The smallest absolute Gasteiger partial charge is 0.293 e. The maximum atomic E-state index is 12.5. The van der Waals surface area contributed by atoms with Crippen LogP contribution in [0.25, 0.3) is 0 Å². The molecule has 0 radical (unpaired) electrons. The van der Waals surface area contributed by atoms with Crippen LogP contribution in [0.15, 0.2) is 4.52 Å². The maximum absolute atomic E-state index is 12.5. The van der Waals surface area contributed by atoms with Gasteiger partial charge in [-0.3, -0.25) is 9.59 Å². The molecule has 6 nitrogen and oxygen atoms in total. The second kappa shape index (κ2) is 5.87. The van der Waals surface area contributed by atoms with Gasteiger partial charge in [0.1, 0.15) is 5.56 Å². The quantitative estimate of drug-likeness (QED) is 0.906. The Hall–Kier alpha value is -1.85. The van der Waals surface area contributed by atoms with Crippen molar-refractivity contribution in [2.24, 2.45) is 0 Å². The highest BCUT2D eigenvalue weighted by Gasteiger charge is 2.31. The highest BCUT2D eigenvalue weighted by Crippen LogP contribution is 2.19. The lowest BCUT2D eigenvalue weighted by Crippen LogP contribution is -2.42. The highest BCUT2D eigenvalue weighted by molar-refractivity contribution is 6.06. The van der Waals surface area contributed by atoms with Crippen molar-refractivity contribution in [3.8, 4) is 0 Å². The van der Waals surface area contributed by atoms with E-state index in [-0.39, 0.29) is 28.7 Å². The van der Waals surface area contributed by atoms with Crippen LogP contribution in [0.1, 0.15) is 66.6 Å². The van der Waals surface area contributed by atoms with Gasteiger partial charge < -0.3 is 14.7 Å². The predicted octanol–water partition coefficient (Wildman–Crippen LogP) is 2.14. The molecule has 1 saturated heterocycles. The van der Waals surface area contributed by atoms with Gasteiger partial charge in [-0.05, 0) is 47.0 Å². The zero-order valence-electron chi connectivity index (χ0n) is 13.2. The molecule has 1 aliphatic heterocycles. The Balaban J connectivity index is 2.25. The molecule has 0 aromatic carbocycles. The van der Waals surface area contributed by atoms with E-state index < -0.39 is 0 Å². The van der Waals surface area contributed by atoms with Gasteiger partial charge in [-0.25, -0.2) is 0 Å². The minimum absolute atomic E-state index is 0.0520. The Morgan fingerprint density at radius 1 is 1.19 bits per heavy atom. The van der Waals surface area contributed by atoms with Crippen molar-refractivity contribution < 1.29 is 14.1 Å². The van der Waals surface area contributed by atoms with Crippen molar-refractivity contribution in [2.75, 3.05) is 13.1 Å². The summed E-state index contributed by atoms with van der Waals surface area (Å²) in [4.78, 5) is 26.6. The fraction of sp³-hybridized carbons (Fsp3) is 0.667. The number of carbonyl (C=O) groups excluding carboxylic acids is 2. The molecule has 6 heteroatoms. The van der Waals surface area contributed by atoms with E-state index in [1.54, 1.807) is 11.8 Å². The molecule has 0 atom stereocenters. The zero-order chi connectivity index (χ0) is 15.6. The molecule has 1 aromatic heterocycles. The summed E-state index contributed by atoms with van der Waals surface area (Å²) in [6.45, 7) is 8.76.